The van der Waals surface area contributed by atoms with Crippen LogP contribution in [0.15, 0.2) is 0 Å². The fourth-order valence-electron chi connectivity index (χ4n) is 10.1. The van der Waals surface area contributed by atoms with Crippen molar-refractivity contribution < 1.29 is 13.0 Å². The van der Waals surface area contributed by atoms with Crippen LogP contribution in [0.2, 0.25) is 37.8 Å². The number of hydrogen-bond acceptors (Lipinski definition) is 3. The minimum Gasteiger partial charge on any atom is -0.439 e. The van der Waals surface area contributed by atoms with E-state index in [0.29, 0.717) is 0 Å². The van der Waals surface area contributed by atoms with E-state index in [0.717, 1.165) is 18.5 Å². The summed E-state index contributed by atoms with van der Waals surface area (Å²) in [6.45, 7) is 13.8. The van der Waals surface area contributed by atoms with Gasteiger partial charge in [-0.05, 0) is 37.8 Å². The summed E-state index contributed by atoms with van der Waals surface area (Å²) in [7, 11) is -6.47. The van der Waals surface area contributed by atoms with Crippen LogP contribution in [-0.2, 0) is 8.23 Å². The molecular weight excluding hydrogens is 817 g/mol. The topological polar surface area (TPSA) is 38.7 Å². The van der Waals surface area contributed by atoms with Gasteiger partial charge in [-0.3, -0.25) is 0 Å². The van der Waals surface area contributed by atoms with Crippen LogP contribution in [0.25, 0.3) is 0 Å². The van der Waals surface area contributed by atoms with Crippen molar-refractivity contribution in [2.75, 3.05) is 0 Å². The van der Waals surface area contributed by atoms with Gasteiger partial charge in [0, 0.05) is 0 Å². The van der Waals surface area contributed by atoms with Crippen molar-refractivity contribution in [2.45, 2.75) is 367 Å². The maximum Gasteiger partial charge on any atom is 0.323 e. The monoisotopic (exact) mass is 939 g/mol. The molecule has 3 unspecified atom stereocenters. The molecule has 63 heavy (non-hydrogen) atoms. The largest absolute Gasteiger partial charge is 0.439 e. The first-order valence-electron chi connectivity index (χ1n) is 29.9. The normalized spacial score (nSPS) is 14.3. The van der Waals surface area contributed by atoms with Gasteiger partial charge in [0.25, 0.3) is 0 Å². The maximum atomic E-state index is 11.7. The Balaban J connectivity index is 4.42. The zero-order valence-electron chi connectivity index (χ0n) is 44.9. The quantitative estimate of drug-likeness (QED) is 0.0488. The molecule has 0 aromatic heterocycles. The molecule has 1 N–H and O–H groups in total. The first-order valence-corrected chi connectivity index (χ1v) is 37.4. The zero-order valence-corrected chi connectivity index (χ0v) is 48.1. The van der Waals surface area contributed by atoms with Crippen LogP contribution in [0.1, 0.15) is 329 Å². The fraction of sp³-hybridized carbons (Fsp3) is 1.00. The third kappa shape index (κ3) is 50.2. The molecule has 3 atom stereocenters. The highest BCUT2D eigenvalue weighted by atomic mass is 28.5. The van der Waals surface area contributed by atoms with Crippen molar-refractivity contribution in [3.05, 3.63) is 0 Å². The van der Waals surface area contributed by atoms with Gasteiger partial charge in [-0.1, -0.05) is 329 Å². The summed E-state index contributed by atoms with van der Waals surface area (Å²) in [5.74, 6) is 0. The lowest BCUT2D eigenvalue weighted by molar-refractivity contribution is 0.311. The summed E-state index contributed by atoms with van der Waals surface area (Å²) in [5.41, 5.74) is 0. The predicted molar refractivity (Wildman–Crippen MR) is 294 cm³/mol. The van der Waals surface area contributed by atoms with Crippen molar-refractivity contribution in [3.63, 3.8) is 0 Å². The molecule has 0 bridgehead atoms. The molecule has 0 radical (unpaired) electrons. The van der Waals surface area contributed by atoms with Crippen LogP contribution in [0.5, 0.6) is 0 Å². The summed E-state index contributed by atoms with van der Waals surface area (Å²) in [5, 5.41) is 0. The van der Waals surface area contributed by atoms with Crippen molar-refractivity contribution in [1.82, 2.24) is 0 Å². The van der Waals surface area contributed by atoms with Gasteiger partial charge in [-0.2, -0.15) is 0 Å². The Hall–Kier alpha value is 0.531. The Kier molecular flexibility index (Phi) is 50.8. The molecule has 0 aromatic rings. The van der Waals surface area contributed by atoms with E-state index in [1.165, 1.54) is 308 Å². The second kappa shape index (κ2) is 50.4. The molecule has 3 nitrogen and oxygen atoms in total. The highest BCUT2D eigenvalue weighted by molar-refractivity contribution is 6.82. The molecule has 0 saturated carbocycles. The van der Waals surface area contributed by atoms with Crippen LogP contribution >= 0.6 is 0 Å². The van der Waals surface area contributed by atoms with E-state index in [2.05, 4.69) is 40.4 Å². The molecule has 6 heteroatoms. The molecule has 0 amide bonds. The Morgan fingerprint density at radius 3 is 0.762 bits per heavy atom. The third-order valence-corrected chi connectivity index (χ3v) is 25.2. The SMILES string of the molecule is CCCCCCCCCCCCCCCCCC[SiH](C)O[Si](C)(CCCCCCCCCCCCCCCCCC)O[Si](C)(O)CCCCCCCCCCCCCCCCCC. The van der Waals surface area contributed by atoms with E-state index < -0.39 is 26.2 Å². The Labute approximate surface area is 404 Å². The van der Waals surface area contributed by atoms with Crippen LogP contribution in [0, 0.1) is 0 Å². The molecule has 0 aliphatic heterocycles. The number of rotatable bonds is 55. The summed E-state index contributed by atoms with van der Waals surface area (Å²) >= 11 is 0. The van der Waals surface area contributed by atoms with Gasteiger partial charge >= 0.3 is 17.1 Å². The average molecular weight is 940 g/mol. The molecule has 0 aromatic carbocycles. The molecule has 0 heterocycles. The maximum absolute atomic E-state index is 11.7. The first-order chi connectivity index (χ1) is 30.8. The highest BCUT2D eigenvalue weighted by Gasteiger charge is 2.41. The van der Waals surface area contributed by atoms with E-state index in [-0.39, 0.29) is 0 Å². The van der Waals surface area contributed by atoms with Crippen molar-refractivity contribution in [3.8, 4) is 0 Å². The Morgan fingerprint density at radius 1 is 0.302 bits per heavy atom. The lowest BCUT2D eigenvalue weighted by atomic mass is 10.0. The van der Waals surface area contributed by atoms with Crippen molar-refractivity contribution in [1.29, 1.82) is 0 Å². The minimum absolute atomic E-state index is 0.880. The molecular formula is C57H122O3Si3. The summed E-state index contributed by atoms with van der Waals surface area (Å²) in [4.78, 5) is 11.7. The Bertz CT molecular complexity index is 858. The number of unbranched alkanes of at least 4 members (excludes halogenated alkanes) is 45. The van der Waals surface area contributed by atoms with E-state index in [1.807, 2.05) is 0 Å². The molecule has 380 valence electrons. The van der Waals surface area contributed by atoms with E-state index in [4.69, 9.17) is 8.23 Å². The molecule has 0 saturated heterocycles. The van der Waals surface area contributed by atoms with Crippen LogP contribution in [-0.4, -0.2) is 31.0 Å². The molecule has 0 aliphatic rings. The minimum atomic E-state index is -2.74. The van der Waals surface area contributed by atoms with Gasteiger partial charge < -0.3 is 13.0 Å². The molecule has 0 aliphatic carbocycles. The predicted octanol–water partition coefficient (Wildman–Crippen LogP) is 21.3. The number of hydrogen-bond donors (Lipinski definition) is 1. The first kappa shape index (κ1) is 63.5. The molecule has 0 rings (SSSR count). The summed E-state index contributed by atoms with van der Waals surface area (Å²) in [6.07, 6.45) is 67.4. The van der Waals surface area contributed by atoms with Gasteiger partial charge in [0.1, 0.15) is 0 Å². The highest BCUT2D eigenvalue weighted by Crippen LogP contribution is 2.28. The summed E-state index contributed by atoms with van der Waals surface area (Å²) < 4.78 is 14.0. The fourth-order valence-corrected chi connectivity index (χ4v) is 22.3. The molecule has 0 spiro atoms. The second-order valence-electron chi connectivity index (χ2n) is 21.5. The summed E-state index contributed by atoms with van der Waals surface area (Å²) in [6, 6.07) is 3.22. The van der Waals surface area contributed by atoms with Crippen LogP contribution in [0.3, 0.4) is 0 Å². The lowest BCUT2D eigenvalue weighted by Crippen LogP contribution is -2.52. The zero-order chi connectivity index (χ0) is 46.1. The van der Waals surface area contributed by atoms with Gasteiger partial charge in [-0.15, -0.1) is 0 Å². The van der Waals surface area contributed by atoms with E-state index in [1.54, 1.807) is 0 Å². The second-order valence-corrected chi connectivity index (χ2v) is 31.1. The Morgan fingerprint density at radius 2 is 0.508 bits per heavy atom. The lowest BCUT2D eigenvalue weighted by Gasteiger charge is -2.36. The van der Waals surface area contributed by atoms with Crippen molar-refractivity contribution >= 4 is 26.2 Å². The third-order valence-electron chi connectivity index (χ3n) is 14.3. The smallest absolute Gasteiger partial charge is 0.323 e. The van der Waals surface area contributed by atoms with E-state index >= 15 is 0 Å². The standard InChI is InChI=1S/C57H122O3Si3/c1-7-10-13-16-19-22-25-28-31-34-37-40-43-46-49-52-55-61(4)59-63(6,57-54-51-48-45-42-39-36-33-30-27-24-21-18-15-12-9-3)60-62(5,58)56-53-50-47-44-41-38-35-32-29-26-23-20-17-14-11-8-2/h58,61H,7-57H2,1-6H3. The van der Waals surface area contributed by atoms with Crippen LogP contribution < -0.4 is 0 Å². The van der Waals surface area contributed by atoms with E-state index in [9.17, 15) is 4.80 Å². The van der Waals surface area contributed by atoms with Gasteiger partial charge in [0.05, 0.1) is 0 Å². The molecule has 0 fully saturated rings. The average Bonchev–Trinajstić information content (AvgIpc) is 3.25. The van der Waals surface area contributed by atoms with Gasteiger partial charge in [-0.25, -0.2) is 0 Å². The van der Waals surface area contributed by atoms with Gasteiger partial charge in [0.2, 0.25) is 0 Å². The van der Waals surface area contributed by atoms with Crippen molar-refractivity contribution in [2.24, 2.45) is 0 Å². The van der Waals surface area contributed by atoms with Gasteiger partial charge in [0.15, 0.2) is 9.04 Å². The van der Waals surface area contributed by atoms with Crippen LogP contribution in [0.4, 0.5) is 0 Å².